The maximum absolute atomic E-state index is 12.9. The molecule has 0 unspecified atom stereocenters. The molecule has 18 nitrogen and oxygen atoms in total. The molecule has 0 aliphatic carbocycles. The van der Waals surface area contributed by atoms with E-state index in [0.29, 0.717) is 0 Å². The molecular formula is C30H47N7O11. The highest BCUT2D eigenvalue weighted by atomic mass is 16.4. The summed E-state index contributed by atoms with van der Waals surface area (Å²) in [6, 6.07) is -0.848. The van der Waals surface area contributed by atoms with Crippen molar-refractivity contribution in [2.75, 3.05) is 91.6 Å². The highest BCUT2D eigenvalue weighted by Crippen LogP contribution is 2.10. The van der Waals surface area contributed by atoms with Crippen LogP contribution in [0.4, 0.5) is 0 Å². The smallest absolute Gasteiger partial charge is 0.317 e. The lowest BCUT2D eigenvalue weighted by Crippen LogP contribution is -2.51. The van der Waals surface area contributed by atoms with Crippen molar-refractivity contribution in [3.8, 4) is 0 Å². The zero-order valence-electron chi connectivity index (χ0n) is 27.5. The number of nitrogens with zero attached hydrogens (tertiary/aromatic N) is 5. The van der Waals surface area contributed by atoms with Crippen LogP contribution in [0.25, 0.3) is 0 Å². The van der Waals surface area contributed by atoms with Gasteiger partial charge < -0.3 is 26.0 Å². The Morgan fingerprint density at radius 3 is 1.44 bits per heavy atom. The van der Waals surface area contributed by atoms with Gasteiger partial charge in [0.2, 0.25) is 11.8 Å². The van der Waals surface area contributed by atoms with Crippen molar-refractivity contribution >= 4 is 47.3 Å². The molecule has 2 rings (SSSR count). The lowest BCUT2D eigenvalue weighted by atomic mass is 9.96. The molecule has 0 radical (unpaired) electrons. The van der Waals surface area contributed by atoms with Gasteiger partial charge in [-0.25, -0.2) is 0 Å². The maximum Gasteiger partial charge on any atom is 0.317 e. The first-order chi connectivity index (χ1) is 22.6. The maximum atomic E-state index is 12.9. The molecule has 5 N–H and O–H groups in total. The first kappa shape index (κ1) is 39.9. The molecule has 0 bridgehead atoms. The fourth-order valence-corrected chi connectivity index (χ4v) is 5.28. The van der Waals surface area contributed by atoms with Gasteiger partial charge in [-0.2, -0.15) is 0 Å². The third kappa shape index (κ3) is 15.1. The number of rotatable bonds is 17. The average Bonchev–Trinajstić information content (AvgIpc) is 3.31. The van der Waals surface area contributed by atoms with Crippen LogP contribution >= 0.6 is 0 Å². The van der Waals surface area contributed by atoms with Gasteiger partial charge in [0.05, 0.1) is 38.8 Å². The highest BCUT2D eigenvalue weighted by molar-refractivity contribution is 6.12. The number of hydrogen-bond acceptors (Lipinski definition) is 12. The standard InChI is InChI=1S/C30H47N7O11/c1-21(2)30(22(38)4-3-7-37-25(41)5-6-26(37)42)32-23(39)16-31-24(40)17-33-8-10-34(18-27(43)44)12-14-36(20-29(47)48)15-13-35(11-9-33)19-28(45)46/h5-6,21,30H,3-4,7-20H2,1-2H3,(H,31,40)(H,32,39)(H,43,44)(H,45,46)(H,47,48)/t30-/m0/s1. The molecule has 268 valence electrons. The number of carboxylic acid groups (broad SMARTS) is 3. The zero-order valence-corrected chi connectivity index (χ0v) is 27.5. The Kier molecular flexibility index (Phi) is 16.8. The quantitative estimate of drug-likeness (QED) is 0.0962. The third-order valence-electron chi connectivity index (χ3n) is 7.86. The largest absolute Gasteiger partial charge is 0.480 e. The molecule has 1 fully saturated rings. The van der Waals surface area contributed by atoms with Gasteiger partial charge in [0.1, 0.15) is 0 Å². The zero-order chi connectivity index (χ0) is 35.8. The summed E-state index contributed by atoms with van der Waals surface area (Å²) in [5.41, 5.74) is 0. The van der Waals surface area contributed by atoms with Gasteiger partial charge in [0.15, 0.2) is 5.78 Å². The van der Waals surface area contributed by atoms with E-state index in [2.05, 4.69) is 10.6 Å². The summed E-state index contributed by atoms with van der Waals surface area (Å²) < 4.78 is 0. The molecule has 0 spiro atoms. The molecule has 0 aromatic carbocycles. The molecule has 48 heavy (non-hydrogen) atoms. The van der Waals surface area contributed by atoms with Crippen LogP contribution < -0.4 is 10.6 Å². The lowest BCUT2D eigenvalue weighted by Gasteiger charge is -2.32. The molecule has 2 aliphatic rings. The van der Waals surface area contributed by atoms with Crippen LogP contribution in [0.1, 0.15) is 26.7 Å². The molecule has 2 heterocycles. The van der Waals surface area contributed by atoms with E-state index in [9.17, 15) is 53.7 Å². The van der Waals surface area contributed by atoms with Crippen molar-refractivity contribution < 1.29 is 53.7 Å². The number of carbonyl (C=O) groups excluding carboxylic acids is 5. The van der Waals surface area contributed by atoms with E-state index in [-0.39, 0.29) is 110 Å². The van der Waals surface area contributed by atoms with Crippen molar-refractivity contribution in [3.05, 3.63) is 12.2 Å². The number of imide groups is 1. The van der Waals surface area contributed by atoms with Gasteiger partial charge in [0.25, 0.3) is 11.8 Å². The van der Waals surface area contributed by atoms with E-state index in [1.54, 1.807) is 33.4 Å². The lowest BCUT2D eigenvalue weighted by molar-refractivity contribution is -0.140. The molecule has 4 amide bonds. The van der Waals surface area contributed by atoms with Gasteiger partial charge in [-0.15, -0.1) is 0 Å². The second kappa shape index (κ2) is 20.2. The number of ketones is 1. The first-order valence-corrected chi connectivity index (χ1v) is 15.8. The van der Waals surface area contributed by atoms with Gasteiger partial charge in [-0.1, -0.05) is 13.8 Å². The number of carbonyl (C=O) groups is 8. The average molecular weight is 682 g/mol. The van der Waals surface area contributed by atoms with Crippen LogP contribution in [0.5, 0.6) is 0 Å². The van der Waals surface area contributed by atoms with Crippen molar-refractivity contribution in [2.24, 2.45) is 5.92 Å². The summed E-state index contributed by atoms with van der Waals surface area (Å²) in [6.45, 7) is 4.00. The molecule has 2 aliphatic heterocycles. The molecular weight excluding hydrogens is 634 g/mol. The normalized spacial score (nSPS) is 18.3. The van der Waals surface area contributed by atoms with E-state index < -0.39 is 54.1 Å². The van der Waals surface area contributed by atoms with E-state index in [0.717, 1.165) is 17.1 Å². The fourth-order valence-electron chi connectivity index (χ4n) is 5.28. The van der Waals surface area contributed by atoms with Crippen LogP contribution in [-0.4, -0.2) is 185 Å². The minimum atomic E-state index is -1.07. The SMILES string of the molecule is CC(C)[C@H](NC(=O)CNC(=O)CN1CCN(CC(=O)O)CCN(CC(=O)O)CCN(CC(=O)O)CC1)C(=O)CCCN1C(=O)C=CC1=O. The number of hydrogen-bond donors (Lipinski definition) is 5. The number of Topliss-reactive ketones (excluding diaryl/α,β-unsaturated/α-hetero) is 1. The Bertz CT molecular complexity index is 1180. The highest BCUT2D eigenvalue weighted by Gasteiger charge is 2.27. The van der Waals surface area contributed by atoms with Gasteiger partial charge in [-0.05, 0) is 12.3 Å². The second-order valence-corrected chi connectivity index (χ2v) is 12.1. The summed E-state index contributed by atoms with van der Waals surface area (Å²) >= 11 is 0. The summed E-state index contributed by atoms with van der Waals surface area (Å²) in [7, 11) is 0. The van der Waals surface area contributed by atoms with Crippen LogP contribution in [0.15, 0.2) is 12.2 Å². The Morgan fingerprint density at radius 2 is 1.06 bits per heavy atom. The number of carboxylic acids is 3. The van der Waals surface area contributed by atoms with E-state index >= 15 is 0 Å². The Balaban J connectivity index is 1.96. The minimum Gasteiger partial charge on any atom is -0.480 e. The van der Waals surface area contributed by atoms with Crippen molar-refractivity contribution in [1.82, 2.24) is 35.1 Å². The molecule has 18 heteroatoms. The predicted molar refractivity (Wildman–Crippen MR) is 169 cm³/mol. The molecule has 0 saturated carbocycles. The van der Waals surface area contributed by atoms with Gasteiger partial charge in [-0.3, -0.25) is 62.9 Å². The second-order valence-electron chi connectivity index (χ2n) is 12.1. The summed E-state index contributed by atoms with van der Waals surface area (Å²) in [6.07, 6.45) is 2.58. The monoisotopic (exact) mass is 681 g/mol. The van der Waals surface area contributed by atoms with Crippen molar-refractivity contribution in [2.45, 2.75) is 32.7 Å². The van der Waals surface area contributed by atoms with Crippen LogP contribution in [0.3, 0.4) is 0 Å². The molecule has 1 atom stereocenters. The molecule has 0 aromatic heterocycles. The van der Waals surface area contributed by atoms with Gasteiger partial charge in [0, 0.05) is 77.5 Å². The molecule has 1 saturated heterocycles. The molecule has 0 aromatic rings. The van der Waals surface area contributed by atoms with Crippen LogP contribution in [0, 0.1) is 5.92 Å². The minimum absolute atomic E-state index is 0.0247. The van der Waals surface area contributed by atoms with Crippen LogP contribution in [-0.2, 0) is 38.4 Å². The Morgan fingerprint density at radius 1 is 0.667 bits per heavy atom. The number of aliphatic carboxylic acids is 3. The van der Waals surface area contributed by atoms with Crippen molar-refractivity contribution in [1.29, 1.82) is 0 Å². The van der Waals surface area contributed by atoms with Gasteiger partial charge >= 0.3 is 17.9 Å². The van der Waals surface area contributed by atoms with E-state index in [4.69, 9.17) is 0 Å². The fraction of sp³-hybridized carbons (Fsp3) is 0.667. The Labute approximate surface area is 278 Å². The first-order valence-electron chi connectivity index (χ1n) is 15.8. The number of nitrogens with one attached hydrogen (secondary N) is 2. The van der Waals surface area contributed by atoms with Crippen molar-refractivity contribution in [3.63, 3.8) is 0 Å². The summed E-state index contributed by atoms with van der Waals surface area (Å²) in [5, 5.41) is 33.2. The van der Waals surface area contributed by atoms with Crippen LogP contribution in [0.2, 0.25) is 0 Å². The van der Waals surface area contributed by atoms with E-state index in [1.165, 1.54) is 0 Å². The Hall–Kier alpha value is -4.26. The summed E-state index contributed by atoms with van der Waals surface area (Å²) in [5.74, 6) is -5.73. The predicted octanol–water partition coefficient (Wildman–Crippen LogP) is -3.01. The summed E-state index contributed by atoms with van der Waals surface area (Å²) in [4.78, 5) is 104. The third-order valence-corrected chi connectivity index (χ3v) is 7.86. The van der Waals surface area contributed by atoms with E-state index in [1.807, 2.05) is 0 Å². The number of amides is 4. The topological polar surface area (TPSA) is 238 Å².